The zero-order chi connectivity index (χ0) is 16.4. The van der Waals surface area contributed by atoms with Crippen molar-refractivity contribution >= 4 is 24.4 Å². The van der Waals surface area contributed by atoms with Gasteiger partial charge in [0.1, 0.15) is 0 Å². The van der Waals surface area contributed by atoms with Crippen LogP contribution >= 0.6 is 18.9 Å². The second-order valence-electron chi connectivity index (χ2n) is 5.45. The summed E-state index contributed by atoms with van der Waals surface area (Å²) in [6.07, 6.45) is 0. The van der Waals surface area contributed by atoms with Gasteiger partial charge in [-0.3, -0.25) is 4.79 Å². The Balaban J connectivity index is 1.93. The molecule has 0 spiro atoms. The molecule has 4 aromatic rings. The second kappa shape index (κ2) is 6.60. The number of thiophene rings is 1. The molecule has 24 heavy (non-hydrogen) atoms. The molecule has 116 valence electrons. The topological polar surface area (TPSA) is 17.1 Å². The van der Waals surface area contributed by atoms with E-state index < -0.39 is 7.53 Å². The third-order valence-corrected chi connectivity index (χ3v) is 7.40. The molecule has 0 N–H and O–H groups in total. The van der Waals surface area contributed by atoms with E-state index in [0.29, 0.717) is 0 Å². The summed E-state index contributed by atoms with van der Waals surface area (Å²) in [4.78, 5) is 14.1. The van der Waals surface area contributed by atoms with Gasteiger partial charge in [0, 0.05) is 10.6 Å². The minimum absolute atomic E-state index is 0.239. The number of hydrogen-bond donors (Lipinski definition) is 0. The van der Waals surface area contributed by atoms with Crippen LogP contribution in [0.15, 0.2) is 90.3 Å². The van der Waals surface area contributed by atoms with Crippen LogP contribution in [0, 0.1) is 0 Å². The largest absolute Gasteiger partial charge is 0.283 e. The van der Waals surface area contributed by atoms with Crippen LogP contribution in [0.3, 0.4) is 0 Å². The van der Waals surface area contributed by atoms with Crippen molar-refractivity contribution in [3.05, 3.63) is 95.2 Å². The monoisotopic (exact) mass is 346 g/mol. The standard InChI is InChI=1S/C21H15OPS/c22-21(20-12-7-15-24-20)23-18(16-8-3-1-4-9-16)13-14-19(23)17-10-5-2-6-11-17/h1-15H. The quantitative estimate of drug-likeness (QED) is 0.399. The molecule has 0 radical (unpaired) electrons. The van der Waals surface area contributed by atoms with Crippen molar-refractivity contribution in [2.75, 3.05) is 0 Å². The number of carbonyl (C=O) groups is 1. The number of hydrogen-bond acceptors (Lipinski definition) is 2. The Labute approximate surface area is 146 Å². The first-order chi connectivity index (χ1) is 11.8. The molecule has 0 aliphatic rings. The summed E-state index contributed by atoms with van der Waals surface area (Å²) in [5.74, 6) is 0. The van der Waals surface area contributed by atoms with Gasteiger partial charge in [0.15, 0.2) is 0 Å². The fraction of sp³-hybridized carbons (Fsp3) is 0. The molecule has 0 saturated heterocycles. The molecule has 2 aromatic heterocycles. The molecular formula is C21H15OPS. The highest BCUT2D eigenvalue weighted by Crippen LogP contribution is 2.52. The predicted octanol–water partition coefficient (Wildman–Crippen LogP) is 6.76. The first-order valence-corrected chi connectivity index (χ1v) is 9.97. The summed E-state index contributed by atoms with van der Waals surface area (Å²) in [6.45, 7) is 0. The lowest BCUT2D eigenvalue weighted by atomic mass is 10.2. The molecule has 2 heterocycles. The molecule has 0 fully saturated rings. The van der Waals surface area contributed by atoms with Gasteiger partial charge in [0.05, 0.1) is 4.88 Å². The van der Waals surface area contributed by atoms with Crippen molar-refractivity contribution in [1.29, 1.82) is 0 Å². The Bertz CT molecular complexity index is 897. The van der Waals surface area contributed by atoms with Crippen molar-refractivity contribution < 1.29 is 4.79 Å². The normalized spacial score (nSPS) is 10.7. The molecule has 0 saturated carbocycles. The van der Waals surface area contributed by atoms with Crippen LogP contribution in [0.25, 0.3) is 21.7 Å². The van der Waals surface area contributed by atoms with E-state index in [-0.39, 0.29) is 5.52 Å². The van der Waals surface area contributed by atoms with Crippen LogP contribution < -0.4 is 0 Å². The van der Waals surface area contributed by atoms with Crippen molar-refractivity contribution in [3.63, 3.8) is 0 Å². The van der Waals surface area contributed by atoms with E-state index in [1.54, 1.807) is 0 Å². The second-order valence-corrected chi connectivity index (χ2v) is 8.44. The van der Waals surface area contributed by atoms with Crippen molar-refractivity contribution in [1.82, 2.24) is 0 Å². The maximum absolute atomic E-state index is 13.2. The van der Waals surface area contributed by atoms with Crippen LogP contribution in [0.2, 0.25) is 0 Å². The van der Waals surface area contributed by atoms with Gasteiger partial charge in [-0.05, 0) is 42.2 Å². The lowest BCUT2D eigenvalue weighted by Crippen LogP contribution is -1.89. The van der Waals surface area contributed by atoms with Crippen LogP contribution in [0.5, 0.6) is 0 Å². The van der Waals surface area contributed by atoms with E-state index in [2.05, 4.69) is 36.4 Å². The first-order valence-electron chi connectivity index (χ1n) is 7.75. The number of benzene rings is 2. The van der Waals surface area contributed by atoms with E-state index in [4.69, 9.17) is 0 Å². The minimum Gasteiger partial charge on any atom is -0.283 e. The molecule has 3 heteroatoms. The number of rotatable bonds is 4. The fourth-order valence-electron chi connectivity index (χ4n) is 2.83. The van der Waals surface area contributed by atoms with E-state index in [1.807, 2.05) is 53.9 Å². The van der Waals surface area contributed by atoms with Gasteiger partial charge in [0.25, 0.3) is 0 Å². The minimum atomic E-state index is -1.04. The average molecular weight is 346 g/mol. The van der Waals surface area contributed by atoms with Gasteiger partial charge >= 0.3 is 0 Å². The molecule has 0 aliphatic heterocycles. The van der Waals surface area contributed by atoms with Gasteiger partial charge in [-0.25, -0.2) is 0 Å². The smallest absolute Gasteiger partial charge is 0.218 e. The average Bonchev–Trinajstić information content (AvgIpc) is 3.32. The predicted molar refractivity (Wildman–Crippen MR) is 104 cm³/mol. The van der Waals surface area contributed by atoms with Gasteiger partial charge in [-0.2, -0.15) is 0 Å². The van der Waals surface area contributed by atoms with E-state index in [9.17, 15) is 4.79 Å². The molecular weight excluding hydrogens is 331 g/mol. The number of carbonyl (C=O) groups excluding carboxylic acids is 1. The Hall–Kier alpha value is -2.41. The van der Waals surface area contributed by atoms with Gasteiger partial charge in [-0.1, -0.05) is 66.7 Å². The SMILES string of the molecule is O=C(c1cccs1)p1c(-c2ccccc2)ccc1-c1ccccc1. The Kier molecular flexibility index (Phi) is 4.17. The first kappa shape index (κ1) is 15.1. The molecule has 0 unspecified atom stereocenters. The summed E-state index contributed by atoms with van der Waals surface area (Å²) >= 11 is 1.52. The summed E-state index contributed by atoms with van der Waals surface area (Å²) in [6, 6.07) is 28.6. The summed E-state index contributed by atoms with van der Waals surface area (Å²) in [5, 5.41) is 4.25. The highest BCUT2D eigenvalue weighted by molar-refractivity contribution is 7.74. The maximum atomic E-state index is 13.2. The Morgan fingerprint density at radius 2 is 1.21 bits per heavy atom. The fourth-order valence-corrected chi connectivity index (χ4v) is 6.08. The van der Waals surface area contributed by atoms with Crippen molar-refractivity contribution in [2.24, 2.45) is 0 Å². The molecule has 4 rings (SSSR count). The molecule has 2 aromatic carbocycles. The highest BCUT2D eigenvalue weighted by Gasteiger charge is 2.21. The zero-order valence-corrected chi connectivity index (χ0v) is 14.6. The van der Waals surface area contributed by atoms with Crippen LogP contribution in [-0.2, 0) is 0 Å². The Morgan fingerprint density at radius 1 is 0.667 bits per heavy atom. The maximum Gasteiger partial charge on any atom is 0.218 e. The van der Waals surface area contributed by atoms with E-state index in [1.165, 1.54) is 11.3 Å². The molecule has 1 nitrogen and oxygen atoms in total. The van der Waals surface area contributed by atoms with Crippen molar-refractivity contribution in [2.45, 2.75) is 0 Å². The third kappa shape index (κ3) is 2.75. The van der Waals surface area contributed by atoms with E-state index in [0.717, 1.165) is 26.6 Å². The zero-order valence-electron chi connectivity index (χ0n) is 12.9. The van der Waals surface area contributed by atoms with Gasteiger partial charge in [0.2, 0.25) is 5.52 Å². The molecule has 0 aliphatic carbocycles. The van der Waals surface area contributed by atoms with Crippen molar-refractivity contribution in [3.8, 4) is 21.7 Å². The Morgan fingerprint density at radius 3 is 1.67 bits per heavy atom. The molecule has 0 amide bonds. The van der Waals surface area contributed by atoms with E-state index >= 15 is 0 Å². The van der Waals surface area contributed by atoms with Gasteiger partial charge < -0.3 is 0 Å². The van der Waals surface area contributed by atoms with Crippen LogP contribution in [-0.4, -0.2) is 5.52 Å². The highest BCUT2D eigenvalue weighted by atomic mass is 32.1. The lowest BCUT2D eigenvalue weighted by Gasteiger charge is -2.08. The summed E-state index contributed by atoms with van der Waals surface area (Å²) < 4.78 is 0. The lowest BCUT2D eigenvalue weighted by molar-refractivity contribution is 0.108. The molecule has 0 bridgehead atoms. The molecule has 0 atom stereocenters. The van der Waals surface area contributed by atoms with Crippen LogP contribution in [0.1, 0.15) is 9.67 Å². The van der Waals surface area contributed by atoms with Gasteiger partial charge in [-0.15, -0.1) is 11.3 Å². The summed E-state index contributed by atoms with van der Waals surface area (Å²) in [7, 11) is -1.04. The summed E-state index contributed by atoms with van der Waals surface area (Å²) in [5.41, 5.74) is 2.51. The van der Waals surface area contributed by atoms with Crippen LogP contribution in [0.4, 0.5) is 0 Å². The third-order valence-electron chi connectivity index (χ3n) is 3.96.